The molecule has 0 bridgehead atoms. The average Bonchev–Trinajstić information content (AvgIpc) is 2.87. The first-order chi connectivity index (χ1) is 9.05. The van der Waals surface area contributed by atoms with Gasteiger partial charge in [0.15, 0.2) is 0 Å². The van der Waals surface area contributed by atoms with E-state index in [1.165, 1.54) is 0 Å². The molecule has 19 heavy (non-hydrogen) atoms. The van der Waals surface area contributed by atoms with E-state index in [0.717, 1.165) is 19.4 Å². The molecule has 1 heterocycles. The summed E-state index contributed by atoms with van der Waals surface area (Å²) in [6.45, 7) is 3.90. The molecule has 1 fully saturated rings. The van der Waals surface area contributed by atoms with Gasteiger partial charge in [-0.15, -0.1) is 0 Å². The third-order valence-electron chi connectivity index (χ3n) is 3.85. The second kappa shape index (κ2) is 7.45. The first-order valence-corrected chi connectivity index (χ1v) is 6.79. The molecular formula is C13H24N2O4. The number of nitrogens with one attached hydrogen (secondary N) is 2. The van der Waals surface area contributed by atoms with Crippen molar-refractivity contribution in [2.24, 2.45) is 5.41 Å². The Balaban J connectivity index is 2.57. The zero-order valence-electron chi connectivity index (χ0n) is 11.7. The van der Waals surface area contributed by atoms with Crippen molar-refractivity contribution < 1.29 is 19.4 Å². The molecule has 110 valence electrons. The minimum absolute atomic E-state index is 0.148. The van der Waals surface area contributed by atoms with Gasteiger partial charge < -0.3 is 20.5 Å². The van der Waals surface area contributed by atoms with Crippen LogP contribution in [0, 0.1) is 5.41 Å². The molecule has 1 amide bonds. The maximum atomic E-state index is 12.3. The second-order valence-electron chi connectivity index (χ2n) is 5.06. The first-order valence-electron chi connectivity index (χ1n) is 6.79. The molecule has 0 spiro atoms. The minimum atomic E-state index is -0.985. The number of carbonyl (C=O) groups excluding carboxylic acids is 1. The largest absolute Gasteiger partial charge is 0.480 e. The van der Waals surface area contributed by atoms with Gasteiger partial charge in [0, 0.05) is 20.3 Å². The van der Waals surface area contributed by atoms with Crippen LogP contribution in [0.1, 0.15) is 32.6 Å². The van der Waals surface area contributed by atoms with Gasteiger partial charge in [-0.25, -0.2) is 4.79 Å². The third kappa shape index (κ3) is 4.18. The predicted molar refractivity (Wildman–Crippen MR) is 70.9 cm³/mol. The Morgan fingerprint density at radius 2 is 2.26 bits per heavy atom. The van der Waals surface area contributed by atoms with Crippen LogP contribution in [-0.4, -0.2) is 49.8 Å². The van der Waals surface area contributed by atoms with E-state index in [1.54, 1.807) is 7.11 Å². The van der Waals surface area contributed by atoms with Gasteiger partial charge in [-0.3, -0.25) is 4.79 Å². The molecule has 0 aromatic carbocycles. The highest BCUT2D eigenvalue weighted by atomic mass is 16.5. The van der Waals surface area contributed by atoms with Crippen molar-refractivity contribution in [3.8, 4) is 0 Å². The molecule has 6 heteroatoms. The van der Waals surface area contributed by atoms with E-state index in [-0.39, 0.29) is 5.91 Å². The highest BCUT2D eigenvalue weighted by Gasteiger charge is 2.40. The highest BCUT2D eigenvalue weighted by molar-refractivity contribution is 5.87. The van der Waals surface area contributed by atoms with Crippen LogP contribution >= 0.6 is 0 Å². The number of ether oxygens (including phenoxy) is 1. The van der Waals surface area contributed by atoms with Gasteiger partial charge >= 0.3 is 5.97 Å². The topological polar surface area (TPSA) is 87.7 Å². The summed E-state index contributed by atoms with van der Waals surface area (Å²) in [4.78, 5) is 23.5. The molecule has 1 saturated heterocycles. The zero-order valence-corrected chi connectivity index (χ0v) is 11.7. The van der Waals surface area contributed by atoms with Gasteiger partial charge in [0.05, 0.1) is 5.41 Å². The first kappa shape index (κ1) is 15.9. The zero-order chi connectivity index (χ0) is 14.3. The number of aliphatic carboxylic acids is 1. The molecule has 0 aromatic heterocycles. The van der Waals surface area contributed by atoms with Crippen LogP contribution < -0.4 is 10.6 Å². The van der Waals surface area contributed by atoms with Gasteiger partial charge in [0.2, 0.25) is 5.91 Å². The Bertz CT molecular complexity index is 314. The summed E-state index contributed by atoms with van der Waals surface area (Å²) in [5.74, 6) is -1.13. The minimum Gasteiger partial charge on any atom is -0.480 e. The number of carboxylic acid groups (broad SMARTS) is 1. The molecule has 1 rings (SSSR count). The maximum absolute atomic E-state index is 12.3. The van der Waals surface area contributed by atoms with Crippen molar-refractivity contribution in [2.75, 3.05) is 26.8 Å². The number of carboxylic acids is 1. The lowest BCUT2D eigenvalue weighted by Crippen LogP contribution is -2.49. The molecule has 1 aliphatic heterocycles. The van der Waals surface area contributed by atoms with Crippen LogP contribution in [0.4, 0.5) is 0 Å². The molecule has 0 saturated carbocycles. The molecule has 0 aliphatic carbocycles. The van der Waals surface area contributed by atoms with Crippen molar-refractivity contribution in [1.82, 2.24) is 10.6 Å². The number of rotatable bonds is 8. The summed E-state index contributed by atoms with van der Waals surface area (Å²) in [7, 11) is 1.57. The predicted octanol–water partition coefficient (Wildman–Crippen LogP) is 0.372. The van der Waals surface area contributed by atoms with Gasteiger partial charge in [0.25, 0.3) is 0 Å². The number of methoxy groups -OCH3 is 1. The number of carbonyl (C=O) groups is 2. The summed E-state index contributed by atoms with van der Waals surface area (Å²) >= 11 is 0. The Morgan fingerprint density at radius 3 is 2.74 bits per heavy atom. The summed E-state index contributed by atoms with van der Waals surface area (Å²) in [5.41, 5.74) is -0.449. The lowest BCUT2D eigenvalue weighted by atomic mass is 9.83. The fraction of sp³-hybridized carbons (Fsp3) is 0.846. The Morgan fingerprint density at radius 1 is 1.53 bits per heavy atom. The number of amides is 1. The van der Waals surface area contributed by atoms with Gasteiger partial charge in [-0.1, -0.05) is 6.92 Å². The van der Waals surface area contributed by atoms with Crippen LogP contribution in [0.2, 0.25) is 0 Å². The highest BCUT2D eigenvalue weighted by Crippen LogP contribution is 2.29. The number of hydrogen-bond donors (Lipinski definition) is 3. The quantitative estimate of drug-likeness (QED) is 0.556. The van der Waals surface area contributed by atoms with E-state index in [0.29, 0.717) is 26.0 Å². The van der Waals surface area contributed by atoms with E-state index in [1.807, 2.05) is 6.92 Å². The lowest BCUT2D eigenvalue weighted by Gasteiger charge is -2.27. The van der Waals surface area contributed by atoms with Gasteiger partial charge in [-0.05, 0) is 32.2 Å². The molecule has 1 aliphatic rings. The van der Waals surface area contributed by atoms with Crippen LogP contribution in [0.3, 0.4) is 0 Å². The smallest absolute Gasteiger partial charge is 0.326 e. The van der Waals surface area contributed by atoms with Crippen LogP contribution in [-0.2, 0) is 14.3 Å². The summed E-state index contributed by atoms with van der Waals surface area (Å²) in [6.07, 6.45) is 2.49. The van der Waals surface area contributed by atoms with Crippen molar-refractivity contribution in [2.45, 2.75) is 38.6 Å². The monoisotopic (exact) mass is 272 g/mol. The summed E-state index contributed by atoms with van der Waals surface area (Å²) < 4.78 is 4.90. The SMILES string of the molecule is CCC1(C(=O)NC(CCCOC)C(=O)O)CCNC1. The standard InChI is InChI=1S/C13H24N2O4/c1-3-13(6-7-14-9-13)12(18)15-10(11(16)17)5-4-8-19-2/h10,14H,3-9H2,1-2H3,(H,15,18)(H,16,17). The molecule has 0 radical (unpaired) electrons. The van der Waals surface area contributed by atoms with Crippen LogP contribution in [0.25, 0.3) is 0 Å². The summed E-state index contributed by atoms with van der Waals surface area (Å²) in [5, 5.41) is 15.0. The molecule has 0 aromatic rings. The Kier molecular flexibility index (Phi) is 6.24. The van der Waals surface area contributed by atoms with E-state index in [2.05, 4.69) is 10.6 Å². The Hall–Kier alpha value is -1.14. The van der Waals surface area contributed by atoms with Crippen LogP contribution in [0.5, 0.6) is 0 Å². The second-order valence-corrected chi connectivity index (χ2v) is 5.06. The van der Waals surface area contributed by atoms with Gasteiger partial charge in [0.1, 0.15) is 6.04 Å². The van der Waals surface area contributed by atoms with Crippen molar-refractivity contribution in [3.63, 3.8) is 0 Å². The molecule has 3 N–H and O–H groups in total. The fourth-order valence-electron chi connectivity index (χ4n) is 2.40. The fourth-order valence-corrected chi connectivity index (χ4v) is 2.40. The lowest BCUT2D eigenvalue weighted by molar-refractivity contribution is -0.144. The molecule has 2 atom stereocenters. The van der Waals surface area contributed by atoms with Crippen molar-refractivity contribution in [3.05, 3.63) is 0 Å². The Labute approximate surface area is 113 Å². The van der Waals surface area contributed by atoms with E-state index >= 15 is 0 Å². The average molecular weight is 272 g/mol. The number of hydrogen-bond acceptors (Lipinski definition) is 4. The van der Waals surface area contributed by atoms with Crippen molar-refractivity contribution in [1.29, 1.82) is 0 Å². The normalized spacial score (nSPS) is 24.1. The summed E-state index contributed by atoms with van der Waals surface area (Å²) in [6, 6.07) is -0.827. The van der Waals surface area contributed by atoms with Crippen LogP contribution in [0.15, 0.2) is 0 Å². The maximum Gasteiger partial charge on any atom is 0.326 e. The molecule has 2 unspecified atom stereocenters. The van der Waals surface area contributed by atoms with E-state index in [4.69, 9.17) is 9.84 Å². The van der Waals surface area contributed by atoms with Gasteiger partial charge in [-0.2, -0.15) is 0 Å². The molecular weight excluding hydrogens is 248 g/mol. The third-order valence-corrected chi connectivity index (χ3v) is 3.85. The van der Waals surface area contributed by atoms with Crippen molar-refractivity contribution >= 4 is 11.9 Å². The van der Waals surface area contributed by atoms with E-state index < -0.39 is 17.4 Å². The van der Waals surface area contributed by atoms with E-state index in [9.17, 15) is 9.59 Å². The molecule has 6 nitrogen and oxygen atoms in total.